The second kappa shape index (κ2) is 12.5. The van der Waals surface area contributed by atoms with Gasteiger partial charge in [-0.3, -0.25) is 9.78 Å². The first kappa shape index (κ1) is 26.4. The Morgan fingerprint density at radius 2 is 1.51 bits per heavy atom. The van der Waals surface area contributed by atoms with Crippen LogP contribution in [0.15, 0.2) is 95.5 Å². The number of rotatable bonds is 10. The van der Waals surface area contributed by atoms with Crippen LogP contribution in [-0.4, -0.2) is 47.3 Å². The van der Waals surface area contributed by atoms with Gasteiger partial charge in [-0.25, -0.2) is 9.00 Å². The lowest BCUT2D eigenvalue weighted by atomic mass is 10.0. The van der Waals surface area contributed by atoms with Gasteiger partial charge in [0, 0.05) is 30.4 Å². The van der Waals surface area contributed by atoms with Crippen LogP contribution in [-0.2, 0) is 40.1 Å². The quantitative estimate of drug-likeness (QED) is 0.230. The van der Waals surface area contributed by atoms with E-state index in [2.05, 4.69) is 4.98 Å². The maximum atomic E-state index is 12.9. The van der Waals surface area contributed by atoms with Crippen molar-refractivity contribution in [3.8, 4) is 11.1 Å². The van der Waals surface area contributed by atoms with Crippen LogP contribution in [0.5, 0.6) is 0 Å². The molecule has 2 heterocycles. The van der Waals surface area contributed by atoms with E-state index in [1.807, 2.05) is 54.6 Å². The minimum atomic E-state index is -1.81. The normalized spacial score (nSPS) is 11.8. The predicted molar refractivity (Wildman–Crippen MR) is 141 cm³/mol. The van der Waals surface area contributed by atoms with Gasteiger partial charge in [-0.1, -0.05) is 54.6 Å². The third-order valence-electron chi connectivity index (χ3n) is 5.59. The summed E-state index contributed by atoms with van der Waals surface area (Å²) in [5.74, 6) is -2.58. The number of nitrogens with zero attached hydrogens (tertiary/aromatic N) is 3. The molecular weight excluding hydrogens is 510 g/mol. The smallest absolute Gasteiger partial charge is 0.394 e. The third-order valence-corrected chi connectivity index (χ3v) is 8.18. The van der Waals surface area contributed by atoms with Crippen LogP contribution in [0, 0.1) is 0 Å². The number of hydrogen-bond acceptors (Lipinski definition) is 6. The van der Waals surface area contributed by atoms with E-state index in [-0.39, 0.29) is 19.6 Å². The van der Waals surface area contributed by atoms with Crippen molar-refractivity contribution in [1.29, 1.82) is 0 Å². The Kier molecular flexibility index (Phi) is 8.91. The highest BCUT2D eigenvalue weighted by Crippen LogP contribution is 2.24. The zero-order chi connectivity index (χ0) is 26.2. The van der Waals surface area contributed by atoms with E-state index in [0.717, 1.165) is 38.1 Å². The molecule has 0 aliphatic rings. The molecule has 4 aromatic rings. The summed E-state index contributed by atoms with van der Waals surface area (Å²) in [6.45, 7) is 0.296. The molecule has 4 rings (SSSR count). The highest BCUT2D eigenvalue weighted by Gasteiger charge is 2.23. The summed E-state index contributed by atoms with van der Waals surface area (Å²) in [4.78, 5) is 29.3. The number of hydrogen-bond donors (Lipinski definition) is 2. The SMILES string of the molecule is O=C(O)C(=O)N(Cc1ccncc1)Cc1ccc(S(=O)N(O)CCc2ccc(-c3ccccc3)cc2)s1. The van der Waals surface area contributed by atoms with E-state index in [1.54, 1.807) is 36.7 Å². The number of hydroxylamine groups is 1. The van der Waals surface area contributed by atoms with Crippen molar-refractivity contribution < 1.29 is 24.1 Å². The average Bonchev–Trinajstić information content (AvgIpc) is 3.40. The molecule has 10 heteroatoms. The molecule has 2 N–H and O–H groups in total. The first-order chi connectivity index (χ1) is 17.9. The van der Waals surface area contributed by atoms with Crippen molar-refractivity contribution in [2.75, 3.05) is 6.54 Å². The Balaban J connectivity index is 1.35. The summed E-state index contributed by atoms with van der Waals surface area (Å²) in [5, 5.41) is 19.6. The monoisotopic (exact) mass is 535 g/mol. The van der Waals surface area contributed by atoms with Gasteiger partial charge in [-0.05, 0) is 52.9 Å². The molecule has 8 nitrogen and oxygen atoms in total. The number of aliphatic carboxylic acids is 1. The lowest BCUT2D eigenvalue weighted by Gasteiger charge is -2.20. The van der Waals surface area contributed by atoms with Crippen LogP contribution >= 0.6 is 11.3 Å². The van der Waals surface area contributed by atoms with Crippen molar-refractivity contribution in [2.45, 2.75) is 23.7 Å². The summed E-state index contributed by atoms with van der Waals surface area (Å²) in [6.07, 6.45) is 3.64. The van der Waals surface area contributed by atoms with Gasteiger partial charge in [0.05, 0.1) is 6.54 Å². The van der Waals surface area contributed by atoms with Crippen molar-refractivity contribution in [3.05, 3.63) is 107 Å². The van der Waals surface area contributed by atoms with E-state index in [9.17, 15) is 24.1 Å². The molecule has 37 heavy (non-hydrogen) atoms. The molecule has 1 atom stereocenters. The van der Waals surface area contributed by atoms with E-state index < -0.39 is 22.9 Å². The van der Waals surface area contributed by atoms with Gasteiger partial charge in [0.1, 0.15) is 4.21 Å². The molecule has 0 bridgehead atoms. The molecule has 0 aliphatic carbocycles. The van der Waals surface area contributed by atoms with E-state index in [0.29, 0.717) is 15.5 Å². The van der Waals surface area contributed by atoms with Gasteiger partial charge in [-0.15, -0.1) is 15.8 Å². The number of thiophene rings is 1. The Morgan fingerprint density at radius 1 is 0.838 bits per heavy atom. The average molecular weight is 536 g/mol. The van der Waals surface area contributed by atoms with Crippen LogP contribution in [0.3, 0.4) is 0 Å². The van der Waals surface area contributed by atoms with Gasteiger partial charge < -0.3 is 15.2 Å². The molecular formula is C27H25N3O5S2. The maximum Gasteiger partial charge on any atom is 0.394 e. The predicted octanol–water partition coefficient (Wildman–Crippen LogP) is 4.38. The standard InChI is InChI=1S/C27H25N3O5S2/c31-26(27(32)33)29(18-21-12-15-28-16-13-21)19-24-10-11-25(36-24)37(35)30(34)17-14-20-6-8-23(9-7-20)22-4-2-1-3-5-22/h1-13,15-16,34H,14,17-19H2,(H,32,33). The fourth-order valence-electron chi connectivity index (χ4n) is 3.67. The summed E-state index contributed by atoms with van der Waals surface area (Å²) < 4.78 is 14.0. The van der Waals surface area contributed by atoms with Crippen molar-refractivity contribution in [3.63, 3.8) is 0 Å². The highest BCUT2D eigenvalue weighted by molar-refractivity contribution is 7.84. The van der Waals surface area contributed by atoms with E-state index in [1.165, 1.54) is 4.90 Å². The number of carboxylic acid groups (broad SMARTS) is 1. The third kappa shape index (κ3) is 7.17. The van der Waals surface area contributed by atoms with Crippen LogP contribution in [0.1, 0.15) is 16.0 Å². The summed E-state index contributed by atoms with van der Waals surface area (Å²) in [7, 11) is -1.81. The Labute approximate surface area is 221 Å². The fraction of sp³-hybridized carbons (Fsp3) is 0.148. The number of amides is 1. The summed E-state index contributed by atoms with van der Waals surface area (Å²) in [6, 6.07) is 24.7. The second-order valence-corrected chi connectivity index (χ2v) is 11.0. The second-order valence-electron chi connectivity index (χ2n) is 8.18. The number of benzene rings is 2. The zero-order valence-electron chi connectivity index (χ0n) is 19.8. The molecule has 0 saturated carbocycles. The molecule has 0 fully saturated rings. The van der Waals surface area contributed by atoms with Crippen molar-refractivity contribution in [1.82, 2.24) is 14.4 Å². The van der Waals surface area contributed by atoms with Gasteiger partial charge >= 0.3 is 11.9 Å². The van der Waals surface area contributed by atoms with Gasteiger partial charge in [0.2, 0.25) is 0 Å². The first-order valence-corrected chi connectivity index (χ1v) is 13.4. The van der Waals surface area contributed by atoms with E-state index >= 15 is 0 Å². The zero-order valence-corrected chi connectivity index (χ0v) is 21.4. The molecule has 0 radical (unpaired) electrons. The van der Waals surface area contributed by atoms with Gasteiger partial charge in [0.15, 0.2) is 11.0 Å². The number of carboxylic acids is 1. The van der Waals surface area contributed by atoms with Gasteiger partial charge in [-0.2, -0.15) is 0 Å². The minimum Gasteiger partial charge on any atom is -0.474 e. The molecule has 0 aliphatic heterocycles. The highest BCUT2D eigenvalue weighted by atomic mass is 32.2. The molecule has 0 saturated heterocycles. The van der Waals surface area contributed by atoms with Crippen LogP contribution < -0.4 is 0 Å². The maximum absolute atomic E-state index is 12.9. The van der Waals surface area contributed by atoms with Crippen LogP contribution in [0.4, 0.5) is 0 Å². The molecule has 2 aromatic carbocycles. The molecule has 190 valence electrons. The number of pyridine rings is 1. The van der Waals surface area contributed by atoms with E-state index in [4.69, 9.17) is 0 Å². The minimum absolute atomic E-state index is 0.0362. The van der Waals surface area contributed by atoms with Crippen molar-refractivity contribution in [2.24, 2.45) is 0 Å². The largest absolute Gasteiger partial charge is 0.474 e. The van der Waals surface area contributed by atoms with Gasteiger partial charge in [0.25, 0.3) is 0 Å². The molecule has 0 spiro atoms. The fourth-order valence-corrected chi connectivity index (χ4v) is 5.94. The molecule has 1 amide bonds. The number of carbonyl (C=O) groups is 2. The first-order valence-electron chi connectivity index (χ1n) is 11.4. The molecule has 1 unspecified atom stereocenters. The number of aromatic nitrogens is 1. The number of carbonyl (C=O) groups excluding carboxylic acids is 1. The van der Waals surface area contributed by atoms with Crippen LogP contribution in [0.25, 0.3) is 11.1 Å². The Bertz CT molecular complexity index is 1360. The van der Waals surface area contributed by atoms with Crippen molar-refractivity contribution >= 4 is 34.2 Å². The Hall–Kier alpha value is -3.70. The lowest BCUT2D eigenvalue weighted by Crippen LogP contribution is -2.35. The Morgan fingerprint density at radius 3 is 2.19 bits per heavy atom. The van der Waals surface area contributed by atoms with Crippen LogP contribution in [0.2, 0.25) is 0 Å². The summed E-state index contributed by atoms with van der Waals surface area (Å²) >= 11 is 1.16. The lowest BCUT2D eigenvalue weighted by molar-refractivity contribution is -0.156. The summed E-state index contributed by atoms with van der Waals surface area (Å²) in [5.41, 5.74) is 3.96. The topological polar surface area (TPSA) is 111 Å². The molecule has 2 aromatic heterocycles.